The highest BCUT2D eigenvalue weighted by Crippen LogP contribution is 2.32. The lowest BCUT2D eigenvalue weighted by molar-refractivity contribution is -0.384. The second-order valence-electron chi connectivity index (χ2n) is 6.74. The second-order valence-corrected chi connectivity index (χ2v) is 9.47. The Kier molecular flexibility index (Phi) is 5.19. The van der Waals surface area contributed by atoms with Crippen LogP contribution in [0.5, 0.6) is 0 Å². The van der Waals surface area contributed by atoms with Crippen molar-refractivity contribution in [3.8, 4) is 0 Å². The maximum atomic E-state index is 13.0. The number of nitrogens with zero attached hydrogens (tertiary/aromatic N) is 3. The number of hydrogen-bond donors (Lipinski definition) is 1. The van der Waals surface area contributed by atoms with Gasteiger partial charge in [0, 0.05) is 31.3 Å². The van der Waals surface area contributed by atoms with Crippen LogP contribution in [-0.4, -0.2) is 37.5 Å². The van der Waals surface area contributed by atoms with Gasteiger partial charge in [0.1, 0.15) is 5.82 Å². The van der Waals surface area contributed by atoms with Crippen molar-refractivity contribution in [2.75, 3.05) is 18.0 Å². The molecule has 0 aliphatic carbocycles. The molecule has 0 bridgehead atoms. The van der Waals surface area contributed by atoms with Crippen LogP contribution in [0.25, 0.3) is 10.2 Å². The van der Waals surface area contributed by atoms with E-state index in [4.69, 9.17) is 0 Å². The van der Waals surface area contributed by atoms with Crippen LogP contribution in [0.1, 0.15) is 12.8 Å². The molecular weight excluding hydrogens is 419 g/mol. The van der Waals surface area contributed by atoms with Gasteiger partial charge >= 0.3 is 0 Å². The van der Waals surface area contributed by atoms with Gasteiger partial charge in [-0.15, -0.1) is 0 Å². The Labute approximate surface area is 170 Å². The van der Waals surface area contributed by atoms with Gasteiger partial charge in [0.15, 0.2) is 5.13 Å². The summed E-state index contributed by atoms with van der Waals surface area (Å²) < 4.78 is 41.4. The molecule has 4 rings (SSSR count). The molecule has 2 heterocycles. The van der Waals surface area contributed by atoms with E-state index in [1.165, 1.54) is 35.6 Å². The molecule has 1 saturated heterocycles. The van der Waals surface area contributed by atoms with Gasteiger partial charge in [-0.05, 0) is 43.2 Å². The monoisotopic (exact) mass is 436 g/mol. The summed E-state index contributed by atoms with van der Waals surface area (Å²) in [5.41, 5.74) is 0.733. The zero-order chi connectivity index (χ0) is 20.6. The standard InChI is InChI=1S/C18H17FN4O4S2/c19-12-1-4-15(5-2-12)29(26,27)21-13-7-9-22(10-8-13)18-20-16-6-3-14(23(24)25)11-17(16)28-18/h1-6,11,13,21H,7-10H2. The molecule has 1 aliphatic rings. The first-order valence-corrected chi connectivity index (χ1v) is 11.2. The topological polar surface area (TPSA) is 105 Å². The minimum Gasteiger partial charge on any atom is -0.348 e. The summed E-state index contributed by atoms with van der Waals surface area (Å²) in [4.78, 5) is 17.1. The molecule has 0 unspecified atom stereocenters. The molecule has 8 nitrogen and oxygen atoms in total. The van der Waals surface area contributed by atoms with Gasteiger partial charge in [-0.2, -0.15) is 0 Å². The Hall–Kier alpha value is -2.63. The number of thiazole rings is 1. The molecule has 29 heavy (non-hydrogen) atoms. The summed E-state index contributed by atoms with van der Waals surface area (Å²) in [6.45, 7) is 1.22. The smallest absolute Gasteiger partial charge is 0.270 e. The molecule has 1 N–H and O–H groups in total. The first-order valence-electron chi connectivity index (χ1n) is 8.90. The minimum atomic E-state index is -3.70. The summed E-state index contributed by atoms with van der Waals surface area (Å²) >= 11 is 1.38. The Morgan fingerprint density at radius 1 is 1.17 bits per heavy atom. The van der Waals surface area contributed by atoms with Gasteiger partial charge in [-0.3, -0.25) is 10.1 Å². The number of aromatic nitrogens is 1. The zero-order valence-electron chi connectivity index (χ0n) is 15.1. The molecule has 0 saturated carbocycles. The molecular formula is C18H17FN4O4S2. The number of nitro groups is 1. The molecule has 1 aromatic heterocycles. The van der Waals surface area contributed by atoms with E-state index in [0.29, 0.717) is 31.4 Å². The van der Waals surface area contributed by atoms with Crippen LogP contribution < -0.4 is 9.62 Å². The number of fused-ring (bicyclic) bond motifs is 1. The van der Waals surface area contributed by atoms with Crippen molar-refractivity contribution in [2.45, 2.75) is 23.8 Å². The van der Waals surface area contributed by atoms with Crippen molar-refractivity contribution in [3.63, 3.8) is 0 Å². The van der Waals surface area contributed by atoms with E-state index in [1.54, 1.807) is 6.07 Å². The van der Waals surface area contributed by atoms with E-state index in [2.05, 4.69) is 14.6 Å². The van der Waals surface area contributed by atoms with Gasteiger partial charge in [0.25, 0.3) is 5.69 Å². The lowest BCUT2D eigenvalue weighted by atomic mass is 10.1. The fourth-order valence-electron chi connectivity index (χ4n) is 3.24. The fraction of sp³-hybridized carbons (Fsp3) is 0.278. The molecule has 0 atom stereocenters. The summed E-state index contributed by atoms with van der Waals surface area (Å²) in [5, 5.41) is 11.7. The van der Waals surface area contributed by atoms with Gasteiger partial charge in [-0.1, -0.05) is 11.3 Å². The van der Waals surface area contributed by atoms with Crippen molar-refractivity contribution in [2.24, 2.45) is 0 Å². The summed E-state index contributed by atoms with van der Waals surface area (Å²) in [7, 11) is -3.70. The number of rotatable bonds is 5. The third-order valence-corrected chi connectivity index (χ3v) is 7.40. The predicted molar refractivity (Wildman–Crippen MR) is 108 cm³/mol. The quantitative estimate of drug-likeness (QED) is 0.486. The highest BCUT2D eigenvalue weighted by molar-refractivity contribution is 7.89. The number of hydrogen-bond acceptors (Lipinski definition) is 7. The van der Waals surface area contributed by atoms with Crippen LogP contribution in [0.3, 0.4) is 0 Å². The van der Waals surface area contributed by atoms with Crippen LogP contribution in [0, 0.1) is 15.9 Å². The van der Waals surface area contributed by atoms with Crippen molar-refractivity contribution in [1.29, 1.82) is 0 Å². The SMILES string of the molecule is O=[N+]([O-])c1ccc2nc(N3CCC(NS(=O)(=O)c4ccc(F)cc4)CC3)sc2c1. The number of benzene rings is 2. The predicted octanol–water partition coefficient (Wildman–Crippen LogP) is 3.29. The summed E-state index contributed by atoms with van der Waals surface area (Å²) in [6, 6.07) is 9.08. The molecule has 152 valence electrons. The van der Waals surface area contributed by atoms with Gasteiger partial charge < -0.3 is 4.90 Å². The lowest BCUT2D eigenvalue weighted by Crippen LogP contribution is -2.44. The normalized spacial score (nSPS) is 15.7. The van der Waals surface area contributed by atoms with Crippen LogP contribution in [0.2, 0.25) is 0 Å². The Bertz CT molecular complexity index is 1160. The molecule has 3 aromatic rings. The molecule has 1 fully saturated rings. The van der Waals surface area contributed by atoms with Gasteiger partial charge in [-0.25, -0.2) is 22.5 Å². The third-order valence-electron chi connectivity index (χ3n) is 4.78. The van der Waals surface area contributed by atoms with E-state index >= 15 is 0 Å². The Morgan fingerprint density at radius 2 is 1.86 bits per heavy atom. The highest BCUT2D eigenvalue weighted by atomic mass is 32.2. The summed E-state index contributed by atoms with van der Waals surface area (Å²) in [5.74, 6) is -0.488. The maximum absolute atomic E-state index is 13.0. The lowest BCUT2D eigenvalue weighted by Gasteiger charge is -2.31. The number of anilines is 1. The van der Waals surface area contributed by atoms with Crippen molar-refractivity contribution in [1.82, 2.24) is 9.71 Å². The van der Waals surface area contributed by atoms with E-state index < -0.39 is 20.8 Å². The molecule has 0 amide bonds. The molecule has 1 aliphatic heterocycles. The maximum Gasteiger partial charge on any atom is 0.270 e. The Morgan fingerprint density at radius 3 is 2.52 bits per heavy atom. The number of non-ortho nitro benzene ring substituents is 1. The van der Waals surface area contributed by atoms with Gasteiger partial charge in [0.05, 0.1) is 20.0 Å². The van der Waals surface area contributed by atoms with Gasteiger partial charge in [0.2, 0.25) is 10.0 Å². The van der Waals surface area contributed by atoms with E-state index in [-0.39, 0.29) is 16.6 Å². The average molecular weight is 436 g/mol. The van der Waals surface area contributed by atoms with Crippen LogP contribution in [0.4, 0.5) is 15.2 Å². The van der Waals surface area contributed by atoms with E-state index in [1.807, 2.05) is 0 Å². The Balaban J connectivity index is 1.42. The van der Waals surface area contributed by atoms with Crippen molar-refractivity contribution >= 4 is 42.4 Å². The number of nitro benzene ring substituents is 1. The summed E-state index contributed by atoms with van der Waals surface area (Å²) in [6.07, 6.45) is 1.19. The largest absolute Gasteiger partial charge is 0.348 e. The van der Waals surface area contributed by atoms with Crippen LogP contribution in [0.15, 0.2) is 47.4 Å². The molecule has 0 radical (unpaired) electrons. The molecule has 2 aromatic carbocycles. The first-order chi connectivity index (χ1) is 13.8. The minimum absolute atomic E-state index is 0.0293. The fourth-order valence-corrected chi connectivity index (χ4v) is 5.60. The first kappa shape index (κ1) is 19.7. The third kappa shape index (κ3) is 4.21. The van der Waals surface area contributed by atoms with Crippen molar-refractivity contribution < 1.29 is 17.7 Å². The zero-order valence-corrected chi connectivity index (χ0v) is 16.7. The number of sulfonamides is 1. The van der Waals surface area contributed by atoms with E-state index in [0.717, 1.165) is 22.0 Å². The molecule has 0 spiro atoms. The van der Waals surface area contributed by atoms with Crippen LogP contribution >= 0.6 is 11.3 Å². The number of piperidine rings is 1. The average Bonchev–Trinajstić information content (AvgIpc) is 3.12. The molecule has 11 heteroatoms. The highest BCUT2D eigenvalue weighted by Gasteiger charge is 2.26. The van der Waals surface area contributed by atoms with Crippen molar-refractivity contribution in [3.05, 3.63) is 58.4 Å². The number of nitrogens with one attached hydrogen (secondary N) is 1. The van der Waals surface area contributed by atoms with E-state index in [9.17, 15) is 22.9 Å². The van der Waals surface area contributed by atoms with Crippen LogP contribution in [-0.2, 0) is 10.0 Å². The second kappa shape index (κ2) is 7.65. The number of halogens is 1.